The molecule has 0 aromatic heterocycles. The Bertz CT molecular complexity index is 531. The van der Waals surface area contributed by atoms with Crippen molar-refractivity contribution in [3.8, 4) is 0 Å². The van der Waals surface area contributed by atoms with Crippen LogP contribution in [0.3, 0.4) is 0 Å². The van der Waals surface area contributed by atoms with E-state index in [2.05, 4.69) is 0 Å². The Morgan fingerprint density at radius 3 is 2.24 bits per heavy atom. The third-order valence-electron chi connectivity index (χ3n) is 5.77. The van der Waals surface area contributed by atoms with E-state index in [1.54, 1.807) is 12.1 Å². The first-order valence-corrected chi connectivity index (χ1v) is 8.05. The maximum absolute atomic E-state index is 13.6. The minimum Gasteiger partial charge on any atom is -0.461 e. The Labute approximate surface area is 124 Å². The summed E-state index contributed by atoms with van der Waals surface area (Å²) in [6.07, 6.45) is 7.72. The van der Waals surface area contributed by atoms with Crippen LogP contribution in [-0.2, 0) is 4.74 Å². The van der Waals surface area contributed by atoms with Gasteiger partial charge in [-0.05, 0) is 68.4 Å². The quantitative estimate of drug-likeness (QED) is 0.779. The molecule has 0 radical (unpaired) electrons. The van der Waals surface area contributed by atoms with Crippen molar-refractivity contribution in [2.24, 2.45) is 23.2 Å². The normalized spacial score (nSPS) is 36.7. The van der Waals surface area contributed by atoms with Gasteiger partial charge in [-0.1, -0.05) is 12.1 Å². The molecule has 0 atom stereocenters. The molecule has 3 heteroatoms. The van der Waals surface area contributed by atoms with Crippen LogP contribution in [0.2, 0.25) is 0 Å². The van der Waals surface area contributed by atoms with Crippen LogP contribution in [0.4, 0.5) is 4.39 Å². The minimum absolute atomic E-state index is 0.0576. The molecule has 2 nitrogen and oxygen atoms in total. The van der Waals surface area contributed by atoms with Gasteiger partial charge in [-0.2, -0.15) is 0 Å². The smallest absolute Gasteiger partial charge is 0.341 e. The van der Waals surface area contributed by atoms with Crippen molar-refractivity contribution in [3.05, 3.63) is 35.6 Å². The molecule has 4 aliphatic rings. The second-order valence-electron chi connectivity index (χ2n) is 7.47. The van der Waals surface area contributed by atoms with Crippen molar-refractivity contribution in [1.29, 1.82) is 0 Å². The van der Waals surface area contributed by atoms with Gasteiger partial charge in [-0.25, -0.2) is 9.18 Å². The highest BCUT2D eigenvalue weighted by atomic mass is 19.1. The van der Waals surface area contributed by atoms with Gasteiger partial charge in [0, 0.05) is 5.41 Å². The highest BCUT2D eigenvalue weighted by Crippen LogP contribution is 2.60. The average molecular weight is 288 g/mol. The third kappa shape index (κ3) is 2.37. The molecular weight excluding hydrogens is 267 g/mol. The van der Waals surface area contributed by atoms with Gasteiger partial charge in [0.15, 0.2) is 0 Å². The van der Waals surface area contributed by atoms with Gasteiger partial charge in [0.05, 0.1) is 12.2 Å². The number of benzene rings is 1. The molecule has 0 heterocycles. The van der Waals surface area contributed by atoms with Crippen molar-refractivity contribution in [1.82, 2.24) is 0 Å². The molecule has 21 heavy (non-hydrogen) atoms. The number of rotatable bonds is 3. The van der Waals surface area contributed by atoms with Crippen LogP contribution in [0, 0.1) is 29.0 Å². The van der Waals surface area contributed by atoms with Crippen LogP contribution >= 0.6 is 0 Å². The summed E-state index contributed by atoms with van der Waals surface area (Å²) in [5, 5.41) is 0. The molecule has 4 aliphatic carbocycles. The fourth-order valence-electron chi connectivity index (χ4n) is 5.39. The molecule has 4 bridgehead atoms. The molecule has 0 N–H and O–H groups in total. The molecule has 0 unspecified atom stereocenters. The molecule has 1 aromatic rings. The van der Waals surface area contributed by atoms with E-state index in [4.69, 9.17) is 4.74 Å². The zero-order chi connectivity index (χ0) is 14.4. The third-order valence-corrected chi connectivity index (χ3v) is 5.77. The molecule has 0 aliphatic heterocycles. The van der Waals surface area contributed by atoms with Crippen molar-refractivity contribution < 1.29 is 13.9 Å². The minimum atomic E-state index is -0.510. The van der Waals surface area contributed by atoms with E-state index in [0.29, 0.717) is 6.61 Å². The molecule has 0 amide bonds. The number of hydrogen-bond acceptors (Lipinski definition) is 2. The molecule has 0 spiro atoms. The molecule has 5 rings (SSSR count). The second kappa shape index (κ2) is 4.82. The number of carbonyl (C=O) groups is 1. The Kier molecular flexibility index (Phi) is 3.05. The lowest BCUT2D eigenvalue weighted by molar-refractivity contribution is -0.0849. The van der Waals surface area contributed by atoms with Crippen LogP contribution in [0.15, 0.2) is 24.3 Å². The molecule has 112 valence electrons. The van der Waals surface area contributed by atoms with Crippen LogP contribution in [0.25, 0.3) is 0 Å². The Morgan fingerprint density at radius 1 is 1.10 bits per heavy atom. The standard InChI is InChI=1S/C18H21FO2/c19-16-4-2-1-3-15(16)17(20)21-11-18-8-12-5-13(9-18)7-14(6-12)10-18/h1-4,12-14H,5-11H2. The van der Waals surface area contributed by atoms with E-state index in [-0.39, 0.29) is 11.0 Å². The summed E-state index contributed by atoms with van der Waals surface area (Å²) in [7, 11) is 0. The maximum Gasteiger partial charge on any atom is 0.341 e. The van der Waals surface area contributed by atoms with Crippen LogP contribution in [0.5, 0.6) is 0 Å². The van der Waals surface area contributed by atoms with Gasteiger partial charge in [-0.3, -0.25) is 0 Å². The van der Waals surface area contributed by atoms with E-state index >= 15 is 0 Å². The zero-order valence-electron chi connectivity index (χ0n) is 12.2. The number of halogens is 1. The fourth-order valence-corrected chi connectivity index (χ4v) is 5.39. The van der Waals surface area contributed by atoms with Crippen molar-refractivity contribution >= 4 is 5.97 Å². The van der Waals surface area contributed by atoms with Gasteiger partial charge in [0.1, 0.15) is 5.82 Å². The highest BCUT2D eigenvalue weighted by Gasteiger charge is 2.51. The summed E-state index contributed by atoms with van der Waals surface area (Å²) in [5.41, 5.74) is 0.248. The summed E-state index contributed by atoms with van der Waals surface area (Å²) in [6, 6.07) is 6.06. The predicted octanol–water partition coefficient (Wildman–Crippen LogP) is 4.20. The summed E-state index contributed by atoms with van der Waals surface area (Å²) < 4.78 is 19.1. The van der Waals surface area contributed by atoms with Crippen LogP contribution in [0.1, 0.15) is 48.9 Å². The van der Waals surface area contributed by atoms with E-state index in [0.717, 1.165) is 17.8 Å². The molecule has 0 saturated heterocycles. The Balaban J connectivity index is 1.45. The maximum atomic E-state index is 13.6. The van der Waals surface area contributed by atoms with E-state index in [1.807, 2.05) is 0 Å². The van der Waals surface area contributed by atoms with Crippen LogP contribution < -0.4 is 0 Å². The average Bonchev–Trinajstić information content (AvgIpc) is 2.44. The largest absolute Gasteiger partial charge is 0.461 e. The molecule has 4 saturated carbocycles. The SMILES string of the molecule is O=C(OCC12CC3CC(CC(C3)C1)C2)c1ccccc1F. The first-order chi connectivity index (χ1) is 10.1. The number of hydrogen-bond donors (Lipinski definition) is 0. The second-order valence-corrected chi connectivity index (χ2v) is 7.47. The molecule has 1 aromatic carbocycles. The van der Waals surface area contributed by atoms with Crippen LogP contribution in [-0.4, -0.2) is 12.6 Å². The van der Waals surface area contributed by atoms with Gasteiger partial charge in [-0.15, -0.1) is 0 Å². The topological polar surface area (TPSA) is 26.3 Å². The number of ether oxygens (including phenoxy) is 1. The molecule has 4 fully saturated rings. The zero-order valence-corrected chi connectivity index (χ0v) is 12.2. The fraction of sp³-hybridized carbons (Fsp3) is 0.611. The van der Waals surface area contributed by atoms with E-state index in [1.165, 1.54) is 50.7 Å². The number of carbonyl (C=O) groups excluding carboxylic acids is 1. The summed E-state index contributed by atoms with van der Waals surface area (Å²) >= 11 is 0. The van der Waals surface area contributed by atoms with Gasteiger partial charge < -0.3 is 4.74 Å². The van der Waals surface area contributed by atoms with E-state index < -0.39 is 11.8 Å². The summed E-state index contributed by atoms with van der Waals surface area (Å²) in [5.74, 6) is 1.51. The summed E-state index contributed by atoms with van der Waals surface area (Å²) in [6.45, 7) is 0.476. The Morgan fingerprint density at radius 2 is 1.67 bits per heavy atom. The summed E-state index contributed by atoms with van der Waals surface area (Å²) in [4.78, 5) is 12.1. The Hall–Kier alpha value is -1.38. The lowest BCUT2D eigenvalue weighted by Gasteiger charge is -2.56. The van der Waals surface area contributed by atoms with Gasteiger partial charge in [0.25, 0.3) is 0 Å². The van der Waals surface area contributed by atoms with Crippen molar-refractivity contribution in [2.75, 3.05) is 6.61 Å². The van der Waals surface area contributed by atoms with E-state index in [9.17, 15) is 9.18 Å². The predicted molar refractivity (Wildman–Crippen MR) is 77.3 cm³/mol. The van der Waals surface area contributed by atoms with Crippen molar-refractivity contribution in [2.45, 2.75) is 38.5 Å². The molecular formula is C18H21FO2. The number of esters is 1. The van der Waals surface area contributed by atoms with Gasteiger partial charge in [0.2, 0.25) is 0 Å². The highest BCUT2D eigenvalue weighted by molar-refractivity contribution is 5.89. The first-order valence-electron chi connectivity index (χ1n) is 8.05. The van der Waals surface area contributed by atoms with Crippen molar-refractivity contribution in [3.63, 3.8) is 0 Å². The lowest BCUT2D eigenvalue weighted by atomic mass is 9.50. The first kappa shape index (κ1) is 13.3. The van der Waals surface area contributed by atoms with Gasteiger partial charge >= 0.3 is 5.97 Å². The lowest BCUT2D eigenvalue weighted by Crippen LogP contribution is -2.48. The monoisotopic (exact) mass is 288 g/mol.